The molecule has 0 radical (unpaired) electrons. The SMILES string of the molecule is COc1cccc(Sc2ccsc2CN(C)C)c1. The first kappa shape index (κ1) is 13.5. The molecule has 0 amide bonds. The molecule has 4 heteroatoms. The Balaban J connectivity index is 2.15. The van der Waals surface area contributed by atoms with Crippen molar-refractivity contribution in [3.8, 4) is 5.75 Å². The number of benzene rings is 1. The van der Waals surface area contributed by atoms with Gasteiger partial charge < -0.3 is 9.64 Å². The largest absolute Gasteiger partial charge is 0.497 e. The zero-order chi connectivity index (χ0) is 13.0. The van der Waals surface area contributed by atoms with Crippen molar-refractivity contribution in [2.45, 2.75) is 16.3 Å². The van der Waals surface area contributed by atoms with Gasteiger partial charge in [-0.3, -0.25) is 0 Å². The molecular formula is C14H17NOS2. The van der Waals surface area contributed by atoms with Crippen LogP contribution in [0.3, 0.4) is 0 Å². The maximum atomic E-state index is 5.25. The van der Waals surface area contributed by atoms with Crippen LogP contribution in [0.25, 0.3) is 0 Å². The lowest BCUT2D eigenvalue weighted by Crippen LogP contribution is -2.09. The van der Waals surface area contributed by atoms with Gasteiger partial charge in [0, 0.05) is 21.2 Å². The van der Waals surface area contributed by atoms with E-state index in [1.54, 1.807) is 18.9 Å². The van der Waals surface area contributed by atoms with E-state index >= 15 is 0 Å². The van der Waals surface area contributed by atoms with Crippen LogP contribution in [0.2, 0.25) is 0 Å². The van der Waals surface area contributed by atoms with Gasteiger partial charge in [0.2, 0.25) is 0 Å². The van der Waals surface area contributed by atoms with Gasteiger partial charge >= 0.3 is 0 Å². The Kier molecular flexibility index (Phi) is 4.69. The summed E-state index contributed by atoms with van der Waals surface area (Å²) in [6.07, 6.45) is 0. The monoisotopic (exact) mass is 279 g/mol. The molecule has 1 aromatic heterocycles. The van der Waals surface area contributed by atoms with Crippen molar-refractivity contribution in [2.75, 3.05) is 21.2 Å². The van der Waals surface area contributed by atoms with Gasteiger partial charge in [0.05, 0.1) is 7.11 Å². The minimum Gasteiger partial charge on any atom is -0.497 e. The Hall–Kier alpha value is -0.970. The third-order valence-electron chi connectivity index (χ3n) is 2.43. The summed E-state index contributed by atoms with van der Waals surface area (Å²) in [4.78, 5) is 6.16. The molecule has 0 saturated heterocycles. The van der Waals surface area contributed by atoms with Crippen molar-refractivity contribution in [1.29, 1.82) is 0 Å². The van der Waals surface area contributed by atoms with Crippen LogP contribution in [-0.4, -0.2) is 26.1 Å². The van der Waals surface area contributed by atoms with Gasteiger partial charge in [0.25, 0.3) is 0 Å². The Morgan fingerprint density at radius 3 is 2.83 bits per heavy atom. The van der Waals surface area contributed by atoms with E-state index < -0.39 is 0 Å². The molecule has 0 atom stereocenters. The molecule has 2 aromatic rings. The van der Waals surface area contributed by atoms with E-state index in [4.69, 9.17) is 4.74 Å². The van der Waals surface area contributed by atoms with Gasteiger partial charge in [-0.15, -0.1) is 11.3 Å². The van der Waals surface area contributed by atoms with Gasteiger partial charge in [0.15, 0.2) is 0 Å². The minimum absolute atomic E-state index is 0.907. The smallest absolute Gasteiger partial charge is 0.119 e. The molecule has 0 saturated carbocycles. The molecule has 0 aliphatic heterocycles. The lowest BCUT2D eigenvalue weighted by Gasteiger charge is -2.10. The predicted octanol–water partition coefficient (Wildman–Crippen LogP) is 3.97. The first-order valence-electron chi connectivity index (χ1n) is 5.72. The van der Waals surface area contributed by atoms with Crippen molar-refractivity contribution in [1.82, 2.24) is 4.90 Å². The Bertz CT molecular complexity index is 508. The van der Waals surface area contributed by atoms with E-state index in [1.165, 1.54) is 14.7 Å². The highest BCUT2D eigenvalue weighted by molar-refractivity contribution is 7.99. The standard InChI is InChI=1S/C14H17NOS2/c1-15(2)10-14-13(7-8-17-14)18-12-6-4-5-11(9-12)16-3/h4-9H,10H2,1-3H3. The third-order valence-corrected chi connectivity index (χ3v) is 4.56. The second kappa shape index (κ2) is 6.27. The molecule has 2 rings (SSSR count). The summed E-state index contributed by atoms with van der Waals surface area (Å²) in [7, 11) is 5.89. The molecule has 0 bridgehead atoms. The van der Waals surface area contributed by atoms with Gasteiger partial charge in [-0.05, 0) is 43.7 Å². The van der Waals surface area contributed by atoms with Crippen LogP contribution in [0.1, 0.15) is 4.88 Å². The number of nitrogens with zero attached hydrogens (tertiary/aromatic N) is 1. The van der Waals surface area contributed by atoms with Crippen molar-refractivity contribution >= 4 is 23.1 Å². The fraction of sp³-hybridized carbons (Fsp3) is 0.286. The summed E-state index contributed by atoms with van der Waals surface area (Å²) in [5.74, 6) is 0.907. The molecule has 2 nitrogen and oxygen atoms in total. The molecule has 1 heterocycles. The maximum absolute atomic E-state index is 5.25. The van der Waals surface area contributed by atoms with E-state index in [9.17, 15) is 0 Å². The number of methoxy groups -OCH3 is 1. The summed E-state index contributed by atoms with van der Waals surface area (Å²) < 4.78 is 5.25. The van der Waals surface area contributed by atoms with Gasteiger partial charge in [-0.2, -0.15) is 0 Å². The van der Waals surface area contributed by atoms with E-state index in [0.717, 1.165) is 12.3 Å². The molecule has 18 heavy (non-hydrogen) atoms. The van der Waals surface area contributed by atoms with Gasteiger partial charge in [-0.25, -0.2) is 0 Å². The zero-order valence-electron chi connectivity index (χ0n) is 10.8. The Morgan fingerprint density at radius 2 is 2.11 bits per heavy atom. The van der Waals surface area contributed by atoms with E-state index in [2.05, 4.69) is 42.6 Å². The third kappa shape index (κ3) is 3.51. The molecule has 96 valence electrons. The lowest BCUT2D eigenvalue weighted by molar-refractivity contribution is 0.403. The van der Waals surface area contributed by atoms with Crippen LogP contribution in [0.4, 0.5) is 0 Å². The fourth-order valence-corrected chi connectivity index (χ4v) is 3.74. The summed E-state index contributed by atoms with van der Waals surface area (Å²) in [5, 5.41) is 2.15. The Labute approximate surface area is 117 Å². The molecule has 0 aliphatic carbocycles. The number of hydrogen-bond acceptors (Lipinski definition) is 4. The van der Waals surface area contributed by atoms with E-state index in [1.807, 2.05) is 23.5 Å². The molecule has 0 fully saturated rings. The average molecular weight is 279 g/mol. The highest BCUT2D eigenvalue weighted by Crippen LogP contribution is 2.35. The van der Waals surface area contributed by atoms with Crippen LogP contribution >= 0.6 is 23.1 Å². The number of thiophene rings is 1. The number of ether oxygens (including phenoxy) is 1. The summed E-state index contributed by atoms with van der Waals surface area (Å²) in [6.45, 7) is 0.990. The minimum atomic E-state index is 0.907. The first-order valence-corrected chi connectivity index (χ1v) is 7.41. The Morgan fingerprint density at radius 1 is 1.28 bits per heavy atom. The van der Waals surface area contributed by atoms with Crippen LogP contribution in [0, 0.1) is 0 Å². The van der Waals surface area contributed by atoms with E-state index in [-0.39, 0.29) is 0 Å². The summed E-state index contributed by atoms with van der Waals surface area (Å²) in [6, 6.07) is 10.4. The lowest BCUT2D eigenvalue weighted by atomic mass is 10.3. The van der Waals surface area contributed by atoms with Crippen LogP contribution in [-0.2, 0) is 6.54 Å². The normalized spacial score (nSPS) is 10.9. The fourth-order valence-electron chi connectivity index (χ4n) is 1.61. The second-order valence-corrected chi connectivity index (χ2v) is 6.34. The predicted molar refractivity (Wildman–Crippen MR) is 78.8 cm³/mol. The zero-order valence-corrected chi connectivity index (χ0v) is 12.5. The van der Waals surface area contributed by atoms with Gasteiger partial charge in [0.1, 0.15) is 5.75 Å². The number of rotatable bonds is 5. The van der Waals surface area contributed by atoms with E-state index in [0.29, 0.717) is 0 Å². The maximum Gasteiger partial charge on any atom is 0.119 e. The van der Waals surface area contributed by atoms with Gasteiger partial charge in [-0.1, -0.05) is 17.8 Å². The van der Waals surface area contributed by atoms with Crippen molar-refractivity contribution in [3.05, 3.63) is 40.6 Å². The first-order chi connectivity index (χ1) is 8.69. The average Bonchev–Trinajstić information content (AvgIpc) is 2.76. The summed E-state index contributed by atoms with van der Waals surface area (Å²) >= 11 is 3.61. The van der Waals surface area contributed by atoms with Crippen molar-refractivity contribution in [2.24, 2.45) is 0 Å². The highest BCUT2D eigenvalue weighted by atomic mass is 32.2. The summed E-state index contributed by atoms with van der Waals surface area (Å²) in [5.41, 5.74) is 0. The molecular weight excluding hydrogens is 262 g/mol. The van der Waals surface area contributed by atoms with Crippen LogP contribution in [0.5, 0.6) is 5.75 Å². The molecule has 0 N–H and O–H groups in total. The molecule has 0 spiro atoms. The second-order valence-electron chi connectivity index (χ2n) is 4.23. The highest BCUT2D eigenvalue weighted by Gasteiger charge is 2.07. The van der Waals surface area contributed by atoms with Crippen LogP contribution in [0.15, 0.2) is 45.5 Å². The molecule has 0 unspecified atom stereocenters. The van der Waals surface area contributed by atoms with Crippen molar-refractivity contribution in [3.63, 3.8) is 0 Å². The molecule has 0 aliphatic rings. The van der Waals surface area contributed by atoms with Crippen LogP contribution < -0.4 is 4.74 Å². The van der Waals surface area contributed by atoms with Crippen molar-refractivity contribution < 1.29 is 4.74 Å². The molecule has 1 aromatic carbocycles. The quantitative estimate of drug-likeness (QED) is 0.821. The number of hydrogen-bond donors (Lipinski definition) is 0. The topological polar surface area (TPSA) is 12.5 Å².